The van der Waals surface area contributed by atoms with Gasteiger partial charge in [0.05, 0.1) is 20.3 Å². The summed E-state index contributed by atoms with van der Waals surface area (Å²) in [5, 5.41) is 27.2. The van der Waals surface area contributed by atoms with Gasteiger partial charge < -0.3 is 34.7 Å². The smallest absolute Gasteiger partial charge is 0.459 e. The van der Waals surface area contributed by atoms with Crippen molar-refractivity contribution in [1.82, 2.24) is 24.6 Å². The molecule has 3 heterocycles. The summed E-state index contributed by atoms with van der Waals surface area (Å²) in [5.74, 6) is 0.0601. The van der Waals surface area contributed by atoms with E-state index in [-0.39, 0.29) is 41.3 Å². The first kappa shape index (κ1) is 34.0. The molecule has 16 heteroatoms. The van der Waals surface area contributed by atoms with Crippen molar-refractivity contribution in [3.63, 3.8) is 0 Å². The van der Waals surface area contributed by atoms with E-state index in [0.29, 0.717) is 17.1 Å². The van der Waals surface area contributed by atoms with Crippen molar-refractivity contribution in [3.8, 4) is 11.6 Å². The number of imidazole rings is 1. The summed E-state index contributed by atoms with van der Waals surface area (Å²) in [5.41, 5.74) is 4.50. The van der Waals surface area contributed by atoms with Gasteiger partial charge in [0.2, 0.25) is 11.8 Å². The van der Waals surface area contributed by atoms with Crippen molar-refractivity contribution in [2.24, 2.45) is 11.8 Å². The first-order valence-corrected chi connectivity index (χ1v) is 17.3. The van der Waals surface area contributed by atoms with Crippen molar-refractivity contribution in [2.45, 2.75) is 70.6 Å². The third-order valence-electron chi connectivity index (χ3n) is 8.64. The van der Waals surface area contributed by atoms with E-state index in [1.807, 2.05) is 30.3 Å². The van der Waals surface area contributed by atoms with Crippen LogP contribution < -0.4 is 20.1 Å². The molecule has 48 heavy (non-hydrogen) atoms. The lowest BCUT2D eigenvalue weighted by Crippen LogP contribution is -2.45. The number of hydrogen-bond donors (Lipinski definition) is 4. The molecule has 2 aromatic carbocycles. The van der Waals surface area contributed by atoms with Gasteiger partial charge in [-0.1, -0.05) is 50.2 Å². The van der Waals surface area contributed by atoms with Crippen LogP contribution in [0.2, 0.25) is 0 Å². The fraction of sp³-hybridized carbons (Fsp3) is 0.500. The van der Waals surface area contributed by atoms with Crippen LogP contribution in [0.3, 0.4) is 0 Å². The second-order valence-electron chi connectivity index (χ2n) is 12.8. The molecular weight excluding hydrogens is 643 g/mol. The number of carbonyl (C=O) groups excluding carboxylic acids is 1. The topological polar surface area (TPSA) is 202 Å². The number of esters is 1. The van der Waals surface area contributed by atoms with Gasteiger partial charge in [0.15, 0.2) is 17.4 Å². The lowest BCUT2D eigenvalue weighted by molar-refractivity contribution is -0.147. The molecule has 5 N–H and O–H groups in total. The van der Waals surface area contributed by atoms with Crippen LogP contribution in [0.5, 0.6) is 11.6 Å². The molecule has 15 nitrogen and oxygen atoms in total. The molecule has 2 fully saturated rings. The number of anilines is 1. The Bertz CT molecular complexity index is 1860. The summed E-state index contributed by atoms with van der Waals surface area (Å²) in [6, 6.07) is 11.6. The number of methoxy groups -OCH3 is 1. The number of hydrogen-bond acceptors (Lipinski definition) is 13. The first-order valence-electron chi connectivity index (χ1n) is 15.8. The van der Waals surface area contributed by atoms with Crippen LogP contribution in [0.1, 0.15) is 45.7 Å². The number of nitrogens with zero attached hydrogens (tertiary/aromatic N) is 4. The molecule has 1 saturated carbocycles. The van der Waals surface area contributed by atoms with Gasteiger partial charge in [-0.3, -0.25) is 13.9 Å². The molecule has 6 atom stereocenters. The van der Waals surface area contributed by atoms with Crippen molar-refractivity contribution in [2.75, 3.05) is 26.1 Å². The lowest BCUT2D eigenvalue weighted by Gasteiger charge is -2.28. The van der Waals surface area contributed by atoms with E-state index in [1.54, 1.807) is 32.9 Å². The minimum absolute atomic E-state index is 0.0912. The number of nitrogens with two attached hydrogens (primary N) is 1. The van der Waals surface area contributed by atoms with Crippen LogP contribution in [0.4, 0.5) is 5.95 Å². The Morgan fingerprint density at radius 2 is 1.90 bits per heavy atom. The van der Waals surface area contributed by atoms with E-state index in [4.69, 9.17) is 29.0 Å². The van der Waals surface area contributed by atoms with Crippen molar-refractivity contribution < 1.29 is 42.8 Å². The molecule has 0 amide bonds. The SMILES string of the molecule is COc1nc(N)nc2c1nc(C)n2C1OC(COP(=O)(NC(C(=O)OCC2CC2)C(C)C)Oc2cccc3ccccc23)C(O)C1(C)O. The van der Waals surface area contributed by atoms with E-state index in [1.165, 1.54) is 18.6 Å². The van der Waals surface area contributed by atoms with E-state index in [0.717, 1.165) is 18.2 Å². The van der Waals surface area contributed by atoms with Crippen LogP contribution in [-0.2, 0) is 23.4 Å². The van der Waals surface area contributed by atoms with Gasteiger partial charge >= 0.3 is 13.7 Å². The highest BCUT2D eigenvalue weighted by Crippen LogP contribution is 2.49. The minimum atomic E-state index is -4.40. The molecule has 6 rings (SSSR count). The molecule has 1 aliphatic heterocycles. The fourth-order valence-corrected chi connectivity index (χ4v) is 7.42. The number of carbonyl (C=O) groups is 1. The molecule has 1 saturated heterocycles. The molecule has 0 radical (unpaired) electrons. The van der Waals surface area contributed by atoms with Gasteiger partial charge in [0, 0.05) is 5.39 Å². The lowest BCUT2D eigenvalue weighted by atomic mass is 9.96. The van der Waals surface area contributed by atoms with Crippen molar-refractivity contribution in [1.29, 1.82) is 0 Å². The van der Waals surface area contributed by atoms with Crippen molar-refractivity contribution >= 4 is 41.6 Å². The summed E-state index contributed by atoms with van der Waals surface area (Å²) in [6.07, 6.45) is -1.98. The number of aryl methyl sites for hydroxylation is 1. The summed E-state index contributed by atoms with van der Waals surface area (Å²) in [4.78, 5) is 26.0. The van der Waals surface area contributed by atoms with Gasteiger partial charge in [-0.25, -0.2) is 9.55 Å². The average Bonchev–Trinajstić information content (AvgIpc) is 3.79. The predicted octanol–water partition coefficient (Wildman–Crippen LogP) is 3.66. The molecule has 258 valence electrons. The quantitative estimate of drug-likeness (QED) is 0.117. The molecule has 0 spiro atoms. The summed E-state index contributed by atoms with van der Waals surface area (Å²) >= 11 is 0. The molecule has 4 aromatic rings. The molecule has 1 aliphatic carbocycles. The number of aliphatic hydroxyl groups excluding tert-OH is 1. The number of aliphatic hydroxyl groups is 2. The number of benzene rings is 2. The molecule has 2 aliphatic rings. The second-order valence-corrected chi connectivity index (χ2v) is 14.5. The van der Waals surface area contributed by atoms with E-state index in [9.17, 15) is 19.6 Å². The largest absolute Gasteiger partial charge is 0.479 e. The first-order chi connectivity index (χ1) is 22.8. The highest BCUT2D eigenvalue weighted by Gasteiger charge is 2.55. The van der Waals surface area contributed by atoms with Crippen molar-refractivity contribution in [3.05, 3.63) is 48.3 Å². The van der Waals surface area contributed by atoms with Crippen LogP contribution in [0.25, 0.3) is 21.9 Å². The monoisotopic (exact) mass is 684 g/mol. The molecular formula is C32H41N6O9P. The normalized spacial score (nSPS) is 24.5. The van der Waals surface area contributed by atoms with Crippen LogP contribution in [0, 0.1) is 18.8 Å². The third-order valence-corrected chi connectivity index (χ3v) is 10.2. The third kappa shape index (κ3) is 6.71. The predicted molar refractivity (Wildman–Crippen MR) is 175 cm³/mol. The van der Waals surface area contributed by atoms with Crippen LogP contribution >= 0.6 is 7.75 Å². The van der Waals surface area contributed by atoms with E-state index >= 15 is 0 Å². The van der Waals surface area contributed by atoms with Crippen LogP contribution in [0.15, 0.2) is 42.5 Å². The van der Waals surface area contributed by atoms with Gasteiger partial charge in [0.1, 0.15) is 35.4 Å². The zero-order chi connectivity index (χ0) is 34.4. The maximum atomic E-state index is 14.6. The maximum Gasteiger partial charge on any atom is 0.459 e. The van der Waals surface area contributed by atoms with E-state index < -0.39 is 50.4 Å². The number of fused-ring (bicyclic) bond motifs is 2. The van der Waals surface area contributed by atoms with Gasteiger partial charge in [-0.05, 0) is 50.0 Å². The van der Waals surface area contributed by atoms with Crippen LogP contribution in [-0.4, -0.2) is 79.9 Å². The summed E-state index contributed by atoms with van der Waals surface area (Å²) in [7, 11) is -2.99. The number of nitrogens with one attached hydrogen (secondary N) is 1. The Kier molecular flexibility index (Phi) is 9.37. The zero-order valence-electron chi connectivity index (χ0n) is 27.4. The molecule has 6 unspecified atom stereocenters. The Morgan fingerprint density at radius 1 is 1.17 bits per heavy atom. The standard InChI is InChI=1S/C32H41N6O9P/c1-17(2)24(29(40)44-15-19-13-14-19)37-48(42,47-22-12-8-10-20-9-6-7-11-21(20)22)45-16-23-26(39)32(4,41)30(46-23)38-18(3)34-25-27(38)35-31(33)36-28(25)43-5/h6-12,17,19,23-24,26,30,39,41H,13-16H2,1-5H3,(H,37,42)(H2,33,35,36). The summed E-state index contributed by atoms with van der Waals surface area (Å²) in [6.45, 7) is 6.40. The maximum absolute atomic E-state index is 14.6. The number of rotatable bonds is 13. The zero-order valence-corrected chi connectivity index (χ0v) is 28.3. The molecule has 2 aromatic heterocycles. The summed E-state index contributed by atoms with van der Waals surface area (Å²) < 4.78 is 45.2. The number of ether oxygens (including phenoxy) is 3. The van der Waals surface area contributed by atoms with Gasteiger partial charge in [-0.2, -0.15) is 15.1 Å². The Hall–Kier alpha value is -3.85. The minimum Gasteiger partial charge on any atom is -0.479 e. The highest BCUT2D eigenvalue weighted by atomic mass is 31.2. The Labute approximate surface area is 277 Å². The molecule has 0 bridgehead atoms. The Morgan fingerprint density at radius 3 is 2.60 bits per heavy atom. The average molecular weight is 685 g/mol. The highest BCUT2D eigenvalue weighted by molar-refractivity contribution is 7.52. The van der Waals surface area contributed by atoms with Gasteiger partial charge in [0.25, 0.3) is 0 Å². The number of aromatic nitrogens is 4. The van der Waals surface area contributed by atoms with Gasteiger partial charge in [-0.15, -0.1) is 0 Å². The number of nitrogen functional groups attached to an aromatic ring is 1. The Balaban J connectivity index is 1.29. The van der Waals surface area contributed by atoms with E-state index in [2.05, 4.69) is 20.0 Å². The fourth-order valence-electron chi connectivity index (χ4n) is 5.73. The second kappa shape index (κ2) is 13.2.